The topological polar surface area (TPSA) is 92.9 Å². The van der Waals surface area contributed by atoms with Gasteiger partial charge < -0.3 is 20.3 Å². The summed E-state index contributed by atoms with van der Waals surface area (Å²) in [5.74, 6) is -0.884. The first-order chi connectivity index (χ1) is 15.9. The zero-order valence-electron chi connectivity index (χ0n) is 19.0. The minimum absolute atomic E-state index is 0.0819. The molecule has 0 saturated carbocycles. The van der Waals surface area contributed by atoms with Crippen molar-refractivity contribution in [2.24, 2.45) is 5.73 Å². The minimum Gasteiger partial charge on any atom is -0.459 e. The quantitative estimate of drug-likeness (QED) is 0.653. The Morgan fingerprint density at radius 3 is 2.33 bits per heavy atom. The van der Waals surface area contributed by atoms with Gasteiger partial charge in [-0.05, 0) is 49.3 Å². The van der Waals surface area contributed by atoms with E-state index in [0.29, 0.717) is 25.8 Å². The molecule has 0 radical (unpaired) electrons. The number of benzene rings is 2. The molecule has 4 rings (SSSR count). The van der Waals surface area contributed by atoms with Gasteiger partial charge in [0.1, 0.15) is 19.2 Å². The van der Waals surface area contributed by atoms with Gasteiger partial charge in [0.15, 0.2) is 0 Å². The van der Waals surface area contributed by atoms with Crippen LogP contribution in [0.25, 0.3) is 0 Å². The molecule has 2 aliphatic rings. The molecular formula is C26H31N3O4. The summed E-state index contributed by atoms with van der Waals surface area (Å²) in [6, 6.07) is 16.1. The number of carbonyl (C=O) groups is 3. The summed E-state index contributed by atoms with van der Waals surface area (Å²) in [6.45, 7) is 2.21. The van der Waals surface area contributed by atoms with Crippen LogP contribution in [-0.2, 0) is 38.6 Å². The maximum absolute atomic E-state index is 13.3. The minimum atomic E-state index is -0.702. The van der Waals surface area contributed by atoms with Gasteiger partial charge in [0.05, 0.1) is 6.04 Å². The fourth-order valence-corrected chi connectivity index (χ4v) is 4.78. The maximum atomic E-state index is 13.3. The van der Waals surface area contributed by atoms with Crippen LogP contribution in [-0.4, -0.2) is 58.8 Å². The Morgan fingerprint density at radius 1 is 1.06 bits per heavy atom. The standard InChI is InChI=1S/C26H31N3O4/c1-18(27)25(31)29(22-14-20-10-5-6-11-21(20)15-22)16-24(30)28-13-7-12-23(28)26(32)33-17-19-8-3-2-4-9-19/h2-6,8-11,18,22-23H,7,12-17,27H2,1H3/t18-,23-/m0/s1. The molecule has 0 spiro atoms. The van der Waals surface area contributed by atoms with Crippen molar-refractivity contribution < 1.29 is 19.1 Å². The number of amides is 2. The molecule has 33 heavy (non-hydrogen) atoms. The summed E-state index contributed by atoms with van der Waals surface area (Å²) in [5, 5.41) is 0. The molecule has 1 fully saturated rings. The van der Waals surface area contributed by atoms with E-state index in [1.165, 1.54) is 11.1 Å². The molecule has 2 amide bonds. The Balaban J connectivity index is 1.42. The Bertz CT molecular complexity index is 983. The summed E-state index contributed by atoms with van der Waals surface area (Å²) in [6.07, 6.45) is 2.69. The highest BCUT2D eigenvalue weighted by atomic mass is 16.5. The lowest BCUT2D eigenvalue weighted by atomic mass is 10.1. The van der Waals surface area contributed by atoms with Gasteiger partial charge >= 0.3 is 5.97 Å². The number of rotatable bonds is 7. The van der Waals surface area contributed by atoms with Crippen LogP contribution in [0.2, 0.25) is 0 Å². The van der Waals surface area contributed by atoms with Crippen LogP contribution >= 0.6 is 0 Å². The van der Waals surface area contributed by atoms with E-state index in [9.17, 15) is 14.4 Å². The van der Waals surface area contributed by atoms with E-state index >= 15 is 0 Å². The van der Waals surface area contributed by atoms with Crippen molar-refractivity contribution in [3.63, 3.8) is 0 Å². The number of esters is 1. The number of carbonyl (C=O) groups excluding carboxylic acids is 3. The number of nitrogens with two attached hydrogens (primary N) is 1. The highest BCUT2D eigenvalue weighted by molar-refractivity contribution is 5.90. The highest BCUT2D eigenvalue weighted by Gasteiger charge is 2.38. The van der Waals surface area contributed by atoms with E-state index in [1.54, 1.807) is 16.7 Å². The smallest absolute Gasteiger partial charge is 0.329 e. The molecule has 0 unspecified atom stereocenters. The molecule has 1 heterocycles. The maximum Gasteiger partial charge on any atom is 0.329 e. The molecule has 7 nitrogen and oxygen atoms in total. The Morgan fingerprint density at radius 2 is 1.70 bits per heavy atom. The number of nitrogens with zero attached hydrogens (tertiary/aromatic N) is 2. The number of hydrogen-bond acceptors (Lipinski definition) is 5. The number of likely N-dealkylation sites (tertiary alicyclic amines) is 1. The van der Waals surface area contributed by atoms with Crippen molar-refractivity contribution >= 4 is 17.8 Å². The van der Waals surface area contributed by atoms with Crippen molar-refractivity contribution in [2.45, 2.75) is 57.3 Å². The largest absolute Gasteiger partial charge is 0.459 e. The first-order valence-corrected chi connectivity index (χ1v) is 11.6. The van der Waals surface area contributed by atoms with Crippen molar-refractivity contribution in [1.29, 1.82) is 0 Å². The van der Waals surface area contributed by atoms with E-state index < -0.39 is 18.1 Å². The van der Waals surface area contributed by atoms with E-state index in [-0.39, 0.29) is 31.0 Å². The van der Waals surface area contributed by atoms with Gasteiger partial charge in [-0.15, -0.1) is 0 Å². The normalized spacial score (nSPS) is 18.6. The van der Waals surface area contributed by atoms with Gasteiger partial charge in [-0.2, -0.15) is 0 Å². The number of ether oxygens (including phenoxy) is 1. The van der Waals surface area contributed by atoms with Gasteiger partial charge in [0.25, 0.3) is 0 Å². The zero-order chi connectivity index (χ0) is 23.4. The second-order valence-corrected chi connectivity index (χ2v) is 8.92. The Hall–Kier alpha value is -3.19. The Labute approximate surface area is 194 Å². The van der Waals surface area contributed by atoms with E-state index in [1.807, 2.05) is 42.5 Å². The average Bonchev–Trinajstić information content (AvgIpc) is 3.48. The molecule has 7 heteroatoms. The molecule has 2 N–H and O–H groups in total. The molecule has 0 bridgehead atoms. The predicted molar refractivity (Wildman–Crippen MR) is 124 cm³/mol. The summed E-state index contributed by atoms with van der Waals surface area (Å²) in [7, 11) is 0. The van der Waals surface area contributed by atoms with Gasteiger partial charge in [-0.1, -0.05) is 54.6 Å². The molecular weight excluding hydrogens is 418 g/mol. The molecule has 174 valence electrons. The van der Waals surface area contributed by atoms with Gasteiger partial charge in [-0.3, -0.25) is 9.59 Å². The van der Waals surface area contributed by atoms with Crippen LogP contribution in [0.5, 0.6) is 0 Å². The Kier molecular flexibility index (Phi) is 7.08. The van der Waals surface area contributed by atoms with Crippen LogP contribution in [0.15, 0.2) is 54.6 Å². The van der Waals surface area contributed by atoms with Crippen molar-refractivity contribution in [3.05, 3.63) is 71.3 Å². The number of fused-ring (bicyclic) bond motifs is 1. The molecule has 1 saturated heterocycles. The van der Waals surface area contributed by atoms with Gasteiger partial charge in [0.2, 0.25) is 11.8 Å². The first-order valence-electron chi connectivity index (χ1n) is 11.6. The van der Waals surface area contributed by atoms with Crippen molar-refractivity contribution in [2.75, 3.05) is 13.1 Å². The van der Waals surface area contributed by atoms with E-state index in [4.69, 9.17) is 10.5 Å². The molecule has 1 aliphatic carbocycles. The van der Waals surface area contributed by atoms with Crippen LogP contribution in [0.3, 0.4) is 0 Å². The third-order valence-corrected chi connectivity index (χ3v) is 6.52. The van der Waals surface area contributed by atoms with E-state index in [0.717, 1.165) is 12.0 Å². The summed E-state index contributed by atoms with van der Waals surface area (Å²) >= 11 is 0. The second-order valence-electron chi connectivity index (χ2n) is 8.92. The second kappa shape index (κ2) is 10.2. The summed E-state index contributed by atoms with van der Waals surface area (Å²) in [5.41, 5.74) is 9.21. The lowest BCUT2D eigenvalue weighted by Crippen LogP contribution is -2.53. The molecule has 2 aromatic rings. The highest BCUT2D eigenvalue weighted by Crippen LogP contribution is 2.27. The van der Waals surface area contributed by atoms with Crippen molar-refractivity contribution in [1.82, 2.24) is 9.80 Å². The fourth-order valence-electron chi connectivity index (χ4n) is 4.78. The third-order valence-electron chi connectivity index (χ3n) is 6.52. The fraction of sp³-hybridized carbons (Fsp3) is 0.423. The van der Waals surface area contributed by atoms with Crippen molar-refractivity contribution in [3.8, 4) is 0 Å². The summed E-state index contributed by atoms with van der Waals surface area (Å²) in [4.78, 5) is 42.2. The molecule has 2 atom stereocenters. The molecule has 2 aromatic carbocycles. The predicted octanol–water partition coefficient (Wildman–Crippen LogP) is 2.06. The SMILES string of the molecule is C[C@H](N)C(=O)N(CC(=O)N1CCC[C@H]1C(=O)OCc1ccccc1)C1Cc2ccccc2C1. The molecule has 0 aromatic heterocycles. The van der Waals surface area contributed by atoms with Gasteiger partial charge in [0, 0.05) is 12.6 Å². The summed E-state index contributed by atoms with van der Waals surface area (Å²) < 4.78 is 5.49. The van der Waals surface area contributed by atoms with Crippen LogP contribution in [0, 0.1) is 0 Å². The van der Waals surface area contributed by atoms with E-state index in [2.05, 4.69) is 12.1 Å². The lowest BCUT2D eigenvalue weighted by molar-refractivity contribution is -0.155. The molecule has 1 aliphatic heterocycles. The van der Waals surface area contributed by atoms with Crippen LogP contribution < -0.4 is 5.73 Å². The monoisotopic (exact) mass is 449 g/mol. The van der Waals surface area contributed by atoms with Crippen LogP contribution in [0.4, 0.5) is 0 Å². The third kappa shape index (κ3) is 5.25. The van der Waals surface area contributed by atoms with Crippen LogP contribution in [0.1, 0.15) is 36.5 Å². The average molecular weight is 450 g/mol. The first kappa shape index (κ1) is 23.0. The number of hydrogen-bond donors (Lipinski definition) is 1. The van der Waals surface area contributed by atoms with Gasteiger partial charge in [-0.25, -0.2) is 4.79 Å². The lowest BCUT2D eigenvalue weighted by Gasteiger charge is -2.32. The zero-order valence-corrected chi connectivity index (χ0v) is 19.0.